The summed E-state index contributed by atoms with van der Waals surface area (Å²) in [6.07, 6.45) is 1.50. The van der Waals surface area contributed by atoms with Gasteiger partial charge in [0.15, 0.2) is 11.5 Å². The molecular formula is C25H18Br4N2O3. The second kappa shape index (κ2) is 12.0. The minimum absolute atomic E-state index is 0.0585. The van der Waals surface area contributed by atoms with Crippen LogP contribution in [0.2, 0.25) is 0 Å². The molecule has 0 aliphatic rings. The van der Waals surface area contributed by atoms with Crippen LogP contribution >= 0.6 is 63.7 Å². The van der Waals surface area contributed by atoms with Gasteiger partial charge in [-0.15, -0.1) is 0 Å². The van der Waals surface area contributed by atoms with Crippen LogP contribution in [0.5, 0.6) is 11.5 Å². The van der Waals surface area contributed by atoms with E-state index >= 15 is 0 Å². The van der Waals surface area contributed by atoms with Crippen molar-refractivity contribution in [3.8, 4) is 17.6 Å². The average Bonchev–Trinajstić information content (AvgIpc) is 2.79. The van der Waals surface area contributed by atoms with Crippen molar-refractivity contribution in [2.75, 3.05) is 12.4 Å². The maximum absolute atomic E-state index is 12.8. The first kappa shape index (κ1) is 26.5. The van der Waals surface area contributed by atoms with Crippen LogP contribution < -0.4 is 14.8 Å². The van der Waals surface area contributed by atoms with E-state index < -0.39 is 5.91 Å². The van der Waals surface area contributed by atoms with Crippen molar-refractivity contribution in [3.63, 3.8) is 0 Å². The smallest absolute Gasteiger partial charge is 0.266 e. The monoisotopic (exact) mass is 710 g/mol. The molecule has 3 aromatic carbocycles. The highest BCUT2D eigenvalue weighted by atomic mass is 79.9. The molecule has 0 aliphatic carbocycles. The van der Waals surface area contributed by atoms with Crippen molar-refractivity contribution in [1.29, 1.82) is 5.26 Å². The van der Waals surface area contributed by atoms with Crippen LogP contribution in [0.4, 0.5) is 5.69 Å². The Morgan fingerprint density at radius 2 is 1.68 bits per heavy atom. The normalized spacial score (nSPS) is 11.0. The van der Waals surface area contributed by atoms with E-state index in [2.05, 4.69) is 69.0 Å². The molecule has 0 bridgehead atoms. The molecule has 0 saturated carbocycles. The number of hydrogen-bond donors (Lipinski definition) is 1. The summed E-state index contributed by atoms with van der Waals surface area (Å²) in [6, 6.07) is 17.0. The number of rotatable bonds is 7. The molecule has 0 saturated heterocycles. The van der Waals surface area contributed by atoms with Crippen LogP contribution in [-0.4, -0.2) is 13.0 Å². The number of amides is 1. The molecular weight excluding hydrogens is 696 g/mol. The molecule has 1 amide bonds. The van der Waals surface area contributed by atoms with E-state index in [0.717, 1.165) is 15.6 Å². The third-order valence-electron chi connectivity index (χ3n) is 4.65. The van der Waals surface area contributed by atoms with Gasteiger partial charge < -0.3 is 14.8 Å². The van der Waals surface area contributed by atoms with Crippen molar-refractivity contribution in [1.82, 2.24) is 0 Å². The summed E-state index contributed by atoms with van der Waals surface area (Å²) in [5.41, 5.74) is 3.11. The lowest BCUT2D eigenvalue weighted by atomic mass is 10.1. The van der Waals surface area contributed by atoms with E-state index in [1.807, 2.05) is 49.4 Å². The van der Waals surface area contributed by atoms with Crippen LogP contribution in [-0.2, 0) is 11.4 Å². The molecule has 0 aromatic heterocycles. The molecule has 174 valence electrons. The molecule has 0 spiro atoms. The lowest BCUT2D eigenvalue weighted by Crippen LogP contribution is -2.14. The first-order valence-corrected chi connectivity index (χ1v) is 13.0. The molecule has 3 aromatic rings. The number of nitriles is 1. The number of carbonyl (C=O) groups is 1. The van der Waals surface area contributed by atoms with E-state index in [1.54, 1.807) is 12.1 Å². The fourth-order valence-corrected chi connectivity index (χ4v) is 5.47. The van der Waals surface area contributed by atoms with E-state index in [9.17, 15) is 10.1 Å². The van der Waals surface area contributed by atoms with E-state index in [4.69, 9.17) is 9.47 Å². The van der Waals surface area contributed by atoms with Gasteiger partial charge in [0.2, 0.25) is 0 Å². The number of hydrogen-bond acceptors (Lipinski definition) is 4. The third kappa shape index (κ3) is 6.72. The van der Waals surface area contributed by atoms with E-state index in [1.165, 1.54) is 13.2 Å². The van der Waals surface area contributed by atoms with Gasteiger partial charge >= 0.3 is 0 Å². The average molecular weight is 714 g/mol. The number of anilines is 1. The number of nitrogens with zero attached hydrogens (tertiary/aromatic N) is 1. The van der Waals surface area contributed by atoms with Gasteiger partial charge in [0.25, 0.3) is 5.91 Å². The minimum atomic E-state index is -0.529. The lowest BCUT2D eigenvalue weighted by Gasteiger charge is -2.14. The number of benzene rings is 3. The van der Waals surface area contributed by atoms with Gasteiger partial charge in [-0.05, 0) is 114 Å². The highest BCUT2D eigenvalue weighted by Crippen LogP contribution is 2.38. The van der Waals surface area contributed by atoms with Crippen LogP contribution in [0.15, 0.2) is 72.0 Å². The Morgan fingerprint density at radius 1 is 1.03 bits per heavy atom. The third-order valence-corrected chi connectivity index (χ3v) is 7.02. The maximum atomic E-state index is 12.8. The molecule has 1 N–H and O–H groups in total. The number of ether oxygens (including phenoxy) is 2. The number of methoxy groups -OCH3 is 1. The minimum Gasteiger partial charge on any atom is -0.493 e. The SMILES string of the molecule is COc1cc(/C=C(\C#N)C(=O)Nc2c(Br)cc(C)cc2Br)cc(Br)c1OCc1ccc(Br)cc1. The standard InChI is InChI=1S/C25H18Br4N2O3/c1-14-7-19(27)23(20(28)8-14)31-25(32)17(12-30)9-16-10-21(29)24(22(11-16)33-2)34-13-15-3-5-18(26)6-4-15/h3-11H,13H2,1-2H3,(H,31,32)/b17-9+. The summed E-state index contributed by atoms with van der Waals surface area (Å²) >= 11 is 13.8. The lowest BCUT2D eigenvalue weighted by molar-refractivity contribution is -0.112. The zero-order valence-electron chi connectivity index (χ0n) is 18.1. The molecule has 0 heterocycles. The topological polar surface area (TPSA) is 71.3 Å². The van der Waals surface area contributed by atoms with Gasteiger partial charge in [-0.3, -0.25) is 4.79 Å². The molecule has 9 heteroatoms. The second-order valence-electron chi connectivity index (χ2n) is 7.18. The van der Waals surface area contributed by atoms with Gasteiger partial charge in [-0.1, -0.05) is 28.1 Å². The van der Waals surface area contributed by atoms with Crippen molar-refractivity contribution in [3.05, 3.63) is 88.7 Å². The number of carbonyl (C=O) groups excluding carboxylic acids is 1. The summed E-state index contributed by atoms with van der Waals surface area (Å²) < 4.78 is 14.5. The number of nitrogens with one attached hydrogen (secondary N) is 1. The summed E-state index contributed by atoms with van der Waals surface area (Å²) in [7, 11) is 1.53. The van der Waals surface area contributed by atoms with Gasteiger partial charge in [-0.2, -0.15) is 5.26 Å². The maximum Gasteiger partial charge on any atom is 0.266 e. The van der Waals surface area contributed by atoms with E-state index in [0.29, 0.717) is 42.8 Å². The zero-order valence-corrected chi connectivity index (χ0v) is 24.4. The van der Waals surface area contributed by atoms with Crippen molar-refractivity contribution in [2.45, 2.75) is 13.5 Å². The Bertz CT molecular complexity index is 1280. The van der Waals surface area contributed by atoms with Crippen molar-refractivity contribution < 1.29 is 14.3 Å². The Morgan fingerprint density at radius 3 is 2.26 bits per heavy atom. The first-order valence-electron chi connectivity index (χ1n) is 9.85. The van der Waals surface area contributed by atoms with Gasteiger partial charge in [-0.25, -0.2) is 0 Å². The van der Waals surface area contributed by atoms with Crippen LogP contribution in [0.1, 0.15) is 16.7 Å². The van der Waals surface area contributed by atoms with Crippen LogP contribution in [0.3, 0.4) is 0 Å². The molecule has 0 atom stereocenters. The fourth-order valence-electron chi connectivity index (χ4n) is 3.01. The van der Waals surface area contributed by atoms with Crippen molar-refractivity contribution in [2.24, 2.45) is 0 Å². The number of halogens is 4. The Kier molecular flexibility index (Phi) is 9.37. The summed E-state index contributed by atoms with van der Waals surface area (Å²) in [5.74, 6) is 0.468. The van der Waals surface area contributed by atoms with Crippen LogP contribution in [0.25, 0.3) is 6.08 Å². The summed E-state index contributed by atoms with van der Waals surface area (Å²) in [5, 5.41) is 12.4. The highest BCUT2D eigenvalue weighted by Gasteiger charge is 2.16. The molecule has 0 radical (unpaired) electrons. The Hall–Kier alpha value is -2.12. The summed E-state index contributed by atoms with van der Waals surface area (Å²) in [4.78, 5) is 12.8. The first-order chi connectivity index (χ1) is 16.2. The number of aryl methyl sites for hydroxylation is 1. The van der Waals surface area contributed by atoms with E-state index in [-0.39, 0.29) is 5.57 Å². The zero-order chi connectivity index (χ0) is 24.8. The fraction of sp³-hybridized carbons (Fsp3) is 0.120. The van der Waals surface area contributed by atoms with Gasteiger partial charge in [0.1, 0.15) is 18.2 Å². The Labute approximate surface area is 231 Å². The second-order valence-corrected chi connectivity index (χ2v) is 10.7. The molecule has 0 unspecified atom stereocenters. The Balaban J connectivity index is 1.84. The molecule has 34 heavy (non-hydrogen) atoms. The molecule has 0 aliphatic heterocycles. The summed E-state index contributed by atoms with van der Waals surface area (Å²) in [6.45, 7) is 2.29. The quantitative estimate of drug-likeness (QED) is 0.198. The largest absolute Gasteiger partial charge is 0.493 e. The molecule has 0 fully saturated rings. The predicted molar refractivity (Wildman–Crippen MR) is 148 cm³/mol. The van der Waals surface area contributed by atoms with Gasteiger partial charge in [0.05, 0.1) is 17.3 Å². The molecule has 3 rings (SSSR count). The van der Waals surface area contributed by atoms with Crippen molar-refractivity contribution >= 4 is 81.4 Å². The highest BCUT2D eigenvalue weighted by molar-refractivity contribution is 9.11. The molecule has 5 nitrogen and oxygen atoms in total. The predicted octanol–water partition coefficient (Wildman–Crippen LogP) is 8.18. The van der Waals surface area contributed by atoms with Crippen LogP contribution in [0, 0.1) is 18.3 Å². The van der Waals surface area contributed by atoms with Gasteiger partial charge in [0, 0.05) is 13.4 Å².